The smallest absolute Gasteiger partial charge is 0.294 e. The van der Waals surface area contributed by atoms with E-state index in [0.717, 1.165) is 27.6 Å². The minimum atomic E-state index is -0.0450. The molecule has 114 valence electrons. The van der Waals surface area contributed by atoms with Gasteiger partial charge in [-0.05, 0) is 43.0 Å². The van der Waals surface area contributed by atoms with Gasteiger partial charge in [0.05, 0.1) is 11.4 Å². The standard InChI is InChI=1S/C15H14N4OS.H2O/c1-9-7-13(21-8-9)19-15(20)14-10(2)16-11-5-3-4-6-12(11)18(14)17-19;/h3-8,16-17H,1-2H3;1H2. The van der Waals surface area contributed by atoms with E-state index in [4.69, 9.17) is 0 Å². The maximum Gasteiger partial charge on any atom is 0.294 e. The van der Waals surface area contributed by atoms with E-state index in [1.165, 1.54) is 0 Å². The summed E-state index contributed by atoms with van der Waals surface area (Å²) in [5.41, 5.74) is 7.76. The van der Waals surface area contributed by atoms with Crippen LogP contribution >= 0.6 is 11.3 Å². The lowest BCUT2D eigenvalue weighted by molar-refractivity contribution is -0.114. The Balaban J connectivity index is 0.00000144. The summed E-state index contributed by atoms with van der Waals surface area (Å²) in [5, 5.41) is 9.67. The third-order valence-electron chi connectivity index (χ3n) is 3.59. The molecule has 0 bridgehead atoms. The van der Waals surface area contributed by atoms with E-state index < -0.39 is 0 Å². The van der Waals surface area contributed by atoms with Crippen LogP contribution in [-0.4, -0.2) is 11.4 Å². The number of carbonyl (C=O) groups excluding carboxylic acids is 1. The van der Waals surface area contributed by atoms with Crippen molar-refractivity contribution in [2.45, 2.75) is 13.8 Å². The van der Waals surface area contributed by atoms with Gasteiger partial charge in [-0.3, -0.25) is 4.79 Å². The highest BCUT2D eigenvalue weighted by atomic mass is 32.1. The van der Waals surface area contributed by atoms with Gasteiger partial charge in [-0.1, -0.05) is 12.1 Å². The van der Waals surface area contributed by atoms with Crippen molar-refractivity contribution in [3.8, 4) is 0 Å². The van der Waals surface area contributed by atoms with E-state index in [1.54, 1.807) is 16.3 Å². The minimum Gasteiger partial charge on any atom is -0.412 e. The number of fused-ring (bicyclic) bond motifs is 3. The van der Waals surface area contributed by atoms with Gasteiger partial charge in [0, 0.05) is 5.70 Å². The summed E-state index contributed by atoms with van der Waals surface area (Å²) in [6.07, 6.45) is 0. The number of benzene rings is 1. The summed E-state index contributed by atoms with van der Waals surface area (Å²) in [6.45, 7) is 3.94. The lowest BCUT2D eigenvalue weighted by atomic mass is 10.1. The number of nitrogens with zero attached hydrogens (tertiary/aromatic N) is 2. The minimum absolute atomic E-state index is 0. The second-order valence-corrected chi connectivity index (χ2v) is 6.04. The molecule has 0 spiro atoms. The van der Waals surface area contributed by atoms with Crippen molar-refractivity contribution in [2.75, 3.05) is 15.3 Å². The second-order valence-electron chi connectivity index (χ2n) is 5.15. The van der Waals surface area contributed by atoms with E-state index in [0.29, 0.717) is 5.70 Å². The topological polar surface area (TPSA) is 79.1 Å². The number of thiophene rings is 1. The molecule has 1 aromatic carbocycles. The fourth-order valence-electron chi connectivity index (χ4n) is 2.62. The number of rotatable bonds is 1. The largest absolute Gasteiger partial charge is 0.412 e. The molecule has 3 heterocycles. The van der Waals surface area contributed by atoms with Crippen LogP contribution in [0.2, 0.25) is 0 Å². The normalized spacial score (nSPS) is 16.2. The zero-order valence-electron chi connectivity index (χ0n) is 12.2. The zero-order chi connectivity index (χ0) is 14.6. The number of aryl methyl sites for hydroxylation is 1. The Bertz CT molecular complexity index is 783. The van der Waals surface area contributed by atoms with Crippen LogP contribution in [-0.2, 0) is 4.79 Å². The van der Waals surface area contributed by atoms with Crippen molar-refractivity contribution in [1.29, 1.82) is 0 Å². The van der Waals surface area contributed by atoms with Crippen LogP contribution in [0.4, 0.5) is 16.4 Å². The first-order chi connectivity index (χ1) is 10.1. The molecule has 0 atom stereocenters. The molecular weight excluding hydrogens is 300 g/mol. The molecule has 1 aromatic heterocycles. The number of amides is 1. The van der Waals surface area contributed by atoms with Crippen molar-refractivity contribution in [3.05, 3.63) is 52.7 Å². The number of hydrogen-bond donors (Lipinski definition) is 2. The summed E-state index contributed by atoms with van der Waals surface area (Å²) in [4.78, 5) is 12.7. The summed E-state index contributed by atoms with van der Waals surface area (Å²) >= 11 is 1.55. The van der Waals surface area contributed by atoms with Crippen molar-refractivity contribution in [2.24, 2.45) is 0 Å². The molecule has 22 heavy (non-hydrogen) atoms. The fourth-order valence-corrected chi connectivity index (χ4v) is 3.48. The van der Waals surface area contributed by atoms with Crippen LogP contribution in [0.3, 0.4) is 0 Å². The predicted octanol–water partition coefficient (Wildman–Crippen LogP) is 2.16. The molecule has 0 aliphatic carbocycles. The third-order valence-corrected chi connectivity index (χ3v) is 4.62. The Morgan fingerprint density at radius 1 is 1.14 bits per heavy atom. The SMILES string of the molecule is CC1=C2C(=O)N(c3cc(C)cs3)NN2c2ccccc2N1.O. The van der Waals surface area contributed by atoms with E-state index in [2.05, 4.69) is 10.9 Å². The highest BCUT2D eigenvalue weighted by molar-refractivity contribution is 7.14. The lowest BCUT2D eigenvalue weighted by Crippen LogP contribution is -2.41. The Hall–Kier alpha value is -2.35. The molecule has 2 aliphatic heterocycles. The molecule has 0 radical (unpaired) electrons. The Kier molecular flexibility index (Phi) is 3.40. The van der Waals surface area contributed by atoms with Gasteiger partial charge < -0.3 is 10.8 Å². The van der Waals surface area contributed by atoms with Gasteiger partial charge in [-0.15, -0.1) is 16.9 Å². The molecule has 1 saturated heterocycles. The molecule has 2 aromatic rings. The Labute approximate surface area is 131 Å². The van der Waals surface area contributed by atoms with Crippen LogP contribution < -0.4 is 20.9 Å². The van der Waals surface area contributed by atoms with Gasteiger partial charge in [0.15, 0.2) is 0 Å². The van der Waals surface area contributed by atoms with E-state index in [1.807, 2.05) is 54.6 Å². The van der Waals surface area contributed by atoms with Crippen LogP contribution in [0.1, 0.15) is 12.5 Å². The summed E-state index contributed by atoms with van der Waals surface area (Å²) in [7, 11) is 0. The van der Waals surface area contributed by atoms with Gasteiger partial charge in [-0.25, -0.2) is 10.0 Å². The van der Waals surface area contributed by atoms with Gasteiger partial charge in [0.2, 0.25) is 0 Å². The van der Waals surface area contributed by atoms with Gasteiger partial charge >= 0.3 is 0 Å². The number of hydrogen-bond acceptors (Lipinski definition) is 5. The molecule has 1 amide bonds. The monoisotopic (exact) mass is 316 g/mol. The summed E-state index contributed by atoms with van der Waals surface area (Å²) in [5.74, 6) is -0.0450. The molecule has 2 aliphatic rings. The number of allylic oxidation sites excluding steroid dienone is 1. The maximum absolute atomic E-state index is 12.7. The van der Waals surface area contributed by atoms with Gasteiger partial charge in [0.1, 0.15) is 10.7 Å². The highest BCUT2D eigenvalue weighted by Gasteiger charge is 2.39. The van der Waals surface area contributed by atoms with E-state index in [-0.39, 0.29) is 11.4 Å². The lowest BCUT2D eigenvalue weighted by Gasteiger charge is -2.27. The molecular formula is C15H16N4O2S. The molecule has 6 nitrogen and oxygen atoms in total. The molecule has 4 rings (SSSR count). The fraction of sp³-hybridized carbons (Fsp3) is 0.133. The van der Waals surface area contributed by atoms with Crippen molar-refractivity contribution in [1.82, 2.24) is 5.53 Å². The second kappa shape index (κ2) is 5.13. The Morgan fingerprint density at radius 2 is 1.91 bits per heavy atom. The van der Waals surface area contributed by atoms with E-state index >= 15 is 0 Å². The van der Waals surface area contributed by atoms with Gasteiger partial charge in [-0.2, -0.15) is 0 Å². The molecule has 7 heteroatoms. The summed E-state index contributed by atoms with van der Waals surface area (Å²) < 4.78 is 0. The molecule has 0 saturated carbocycles. The predicted molar refractivity (Wildman–Crippen MR) is 88.5 cm³/mol. The number of anilines is 3. The quantitative estimate of drug-likeness (QED) is 0.845. The molecule has 1 fully saturated rings. The highest BCUT2D eigenvalue weighted by Crippen LogP contribution is 2.38. The van der Waals surface area contributed by atoms with Crippen LogP contribution in [0.15, 0.2) is 47.1 Å². The van der Waals surface area contributed by atoms with Crippen LogP contribution in [0.25, 0.3) is 0 Å². The number of hydrazine groups is 2. The average molecular weight is 316 g/mol. The van der Waals surface area contributed by atoms with E-state index in [9.17, 15) is 4.79 Å². The zero-order valence-corrected chi connectivity index (χ0v) is 13.0. The number of nitrogens with one attached hydrogen (secondary N) is 2. The Morgan fingerprint density at radius 3 is 2.64 bits per heavy atom. The van der Waals surface area contributed by atoms with Crippen LogP contribution in [0, 0.1) is 6.92 Å². The molecule has 0 unspecified atom stereocenters. The first-order valence-corrected chi connectivity index (χ1v) is 7.56. The first-order valence-electron chi connectivity index (χ1n) is 6.68. The number of para-hydroxylation sites is 2. The van der Waals surface area contributed by atoms with Crippen molar-refractivity contribution >= 4 is 33.6 Å². The van der Waals surface area contributed by atoms with Crippen molar-refractivity contribution < 1.29 is 10.3 Å². The van der Waals surface area contributed by atoms with Gasteiger partial charge in [0.25, 0.3) is 5.91 Å². The summed E-state index contributed by atoms with van der Waals surface area (Å²) in [6, 6.07) is 9.92. The number of carbonyl (C=O) groups is 1. The van der Waals surface area contributed by atoms with Crippen molar-refractivity contribution in [3.63, 3.8) is 0 Å². The molecule has 4 N–H and O–H groups in total. The average Bonchev–Trinajstić information content (AvgIpc) is 3.03. The third kappa shape index (κ3) is 1.98. The maximum atomic E-state index is 12.7. The first kappa shape index (κ1) is 14.6. The van der Waals surface area contributed by atoms with Crippen LogP contribution in [0.5, 0.6) is 0 Å².